The molecule has 0 bridgehead atoms. The van der Waals surface area contributed by atoms with Gasteiger partial charge in [-0.15, -0.1) is 0 Å². The predicted molar refractivity (Wildman–Crippen MR) is 56.6 cm³/mol. The van der Waals surface area contributed by atoms with Crippen LogP contribution in [-0.2, 0) is 0 Å². The molecule has 0 amide bonds. The fourth-order valence-electron chi connectivity index (χ4n) is 0.751. The third-order valence-corrected chi connectivity index (χ3v) is 4.07. The Kier molecular flexibility index (Phi) is 4.15. The van der Waals surface area contributed by atoms with Gasteiger partial charge in [-0.3, -0.25) is 0 Å². The van der Waals surface area contributed by atoms with Gasteiger partial charge in [0.1, 0.15) is 0 Å². The van der Waals surface area contributed by atoms with Crippen molar-refractivity contribution in [1.29, 1.82) is 0 Å². The second-order valence-corrected chi connectivity index (χ2v) is 4.71. The molecule has 0 aliphatic carbocycles. The summed E-state index contributed by atoms with van der Waals surface area (Å²) in [5.74, 6) is 0. The molecule has 0 aromatic heterocycles. The Morgan fingerprint density at radius 3 is 2.46 bits per heavy atom. The Labute approximate surface area is 90.3 Å². The average Bonchev–Trinajstić information content (AvgIpc) is 2.15. The summed E-state index contributed by atoms with van der Waals surface area (Å²) >= 11 is 3.42. The second-order valence-electron chi connectivity index (χ2n) is 2.13. The number of hydrogen-bond donors (Lipinski definition) is 0. The molecule has 0 radical (unpaired) electrons. The Bertz CT molecular complexity index is 323. The van der Waals surface area contributed by atoms with Crippen LogP contribution in [0.4, 0.5) is 5.69 Å². The molecule has 0 fully saturated rings. The minimum atomic E-state index is -0.392. The summed E-state index contributed by atoms with van der Waals surface area (Å²) in [4.78, 5) is 13.7. The van der Waals surface area contributed by atoms with Gasteiger partial charge in [0.2, 0.25) is 0 Å². The number of hydrogen-bond acceptors (Lipinski definition) is 2. The SMILES string of the molecule is O=[N+]([O-])c1ccc([Se]/C=C/Br)cc1. The van der Waals surface area contributed by atoms with Gasteiger partial charge in [0.25, 0.3) is 0 Å². The molecule has 0 atom stereocenters. The quantitative estimate of drug-likeness (QED) is 0.485. The summed E-state index contributed by atoms with van der Waals surface area (Å²) in [5.41, 5.74) is 0.141. The zero-order valence-corrected chi connectivity index (χ0v) is 9.81. The summed E-state index contributed by atoms with van der Waals surface area (Å²) < 4.78 is 1.12. The molecule has 0 saturated carbocycles. The van der Waals surface area contributed by atoms with Crippen LogP contribution in [0.5, 0.6) is 0 Å². The molecular weight excluding hydrogens is 301 g/mol. The third-order valence-electron chi connectivity index (χ3n) is 1.30. The summed E-state index contributed by atoms with van der Waals surface area (Å²) in [6.45, 7) is 0. The average molecular weight is 307 g/mol. The van der Waals surface area contributed by atoms with E-state index in [0.29, 0.717) is 0 Å². The molecule has 0 N–H and O–H groups in total. The van der Waals surface area contributed by atoms with Crippen LogP contribution in [0.15, 0.2) is 34.2 Å². The van der Waals surface area contributed by atoms with Crippen LogP contribution in [0.25, 0.3) is 0 Å². The first-order chi connectivity index (χ1) is 6.24. The van der Waals surface area contributed by atoms with Gasteiger partial charge in [0, 0.05) is 0 Å². The Hall–Kier alpha value is -0.641. The topological polar surface area (TPSA) is 43.1 Å². The Morgan fingerprint density at radius 2 is 2.00 bits per heavy atom. The summed E-state index contributed by atoms with van der Waals surface area (Å²) in [6, 6.07) is 6.62. The van der Waals surface area contributed by atoms with Gasteiger partial charge in [0.05, 0.1) is 0 Å². The summed E-state index contributed by atoms with van der Waals surface area (Å²) in [6.07, 6.45) is 0. The number of nitro benzene ring substituents is 1. The molecule has 13 heavy (non-hydrogen) atoms. The molecule has 5 heteroatoms. The predicted octanol–water partition coefficient (Wildman–Crippen LogP) is 1.79. The van der Waals surface area contributed by atoms with Crippen molar-refractivity contribution in [3.05, 3.63) is 44.3 Å². The fourth-order valence-corrected chi connectivity index (χ4v) is 2.36. The van der Waals surface area contributed by atoms with Crippen molar-refractivity contribution in [2.24, 2.45) is 0 Å². The molecule has 0 heterocycles. The number of halogens is 1. The molecule has 1 aromatic rings. The van der Waals surface area contributed by atoms with E-state index in [0.717, 1.165) is 4.46 Å². The molecular formula is C8H6BrNO2Se. The van der Waals surface area contributed by atoms with E-state index in [2.05, 4.69) is 15.9 Å². The van der Waals surface area contributed by atoms with Crippen molar-refractivity contribution in [3.8, 4) is 0 Å². The van der Waals surface area contributed by atoms with Gasteiger partial charge in [-0.1, -0.05) is 0 Å². The number of nitrogens with zero attached hydrogens (tertiary/aromatic N) is 1. The van der Waals surface area contributed by atoms with E-state index in [1.165, 1.54) is 12.1 Å². The number of benzene rings is 1. The van der Waals surface area contributed by atoms with Gasteiger partial charge in [0.15, 0.2) is 0 Å². The van der Waals surface area contributed by atoms with Crippen LogP contribution < -0.4 is 4.46 Å². The van der Waals surface area contributed by atoms with Crippen LogP contribution in [0.3, 0.4) is 0 Å². The Balaban J connectivity index is 2.75. The molecule has 0 saturated heterocycles. The number of non-ortho nitro benzene ring substituents is 1. The van der Waals surface area contributed by atoms with E-state index in [1.807, 2.05) is 4.97 Å². The first-order valence-electron chi connectivity index (χ1n) is 3.40. The van der Waals surface area contributed by atoms with Crippen molar-refractivity contribution >= 4 is 41.0 Å². The molecule has 0 unspecified atom stereocenters. The first kappa shape index (κ1) is 10.4. The van der Waals surface area contributed by atoms with Crippen LogP contribution in [0, 0.1) is 10.1 Å². The van der Waals surface area contributed by atoms with E-state index < -0.39 is 4.92 Å². The second kappa shape index (κ2) is 5.17. The third kappa shape index (κ3) is 3.30. The standard InChI is InChI=1S/C8H6BrNO2Se/c9-5-6-13-8-3-1-7(2-4-8)10(11)12/h1-6H/b6-5+. The van der Waals surface area contributed by atoms with Crippen molar-refractivity contribution in [2.45, 2.75) is 0 Å². The van der Waals surface area contributed by atoms with Crippen LogP contribution in [-0.4, -0.2) is 19.9 Å². The van der Waals surface area contributed by atoms with Gasteiger partial charge in [-0.05, 0) is 0 Å². The number of nitro groups is 1. The van der Waals surface area contributed by atoms with Crippen molar-refractivity contribution < 1.29 is 4.92 Å². The van der Waals surface area contributed by atoms with Crippen molar-refractivity contribution in [3.63, 3.8) is 0 Å². The van der Waals surface area contributed by atoms with Crippen molar-refractivity contribution in [1.82, 2.24) is 0 Å². The van der Waals surface area contributed by atoms with Gasteiger partial charge in [-0.2, -0.15) is 0 Å². The maximum atomic E-state index is 10.3. The first-order valence-corrected chi connectivity index (χ1v) is 6.16. The summed E-state index contributed by atoms with van der Waals surface area (Å²) in [7, 11) is 0. The molecule has 1 aromatic carbocycles. The molecule has 0 aliphatic rings. The van der Waals surface area contributed by atoms with E-state index in [-0.39, 0.29) is 20.6 Å². The molecule has 1 rings (SSSR count). The number of rotatable bonds is 3. The fraction of sp³-hybridized carbons (Fsp3) is 0. The van der Waals surface area contributed by atoms with Gasteiger partial charge in [-0.25, -0.2) is 0 Å². The van der Waals surface area contributed by atoms with Gasteiger partial charge >= 0.3 is 90.3 Å². The Morgan fingerprint density at radius 1 is 1.38 bits per heavy atom. The zero-order valence-electron chi connectivity index (χ0n) is 6.51. The molecule has 0 aliphatic heterocycles. The minimum absolute atomic E-state index is 0.141. The summed E-state index contributed by atoms with van der Waals surface area (Å²) in [5, 5.41) is 10.3. The van der Waals surface area contributed by atoms with Crippen molar-refractivity contribution in [2.75, 3.05) is 0 Å². The van der Waals surface area contributed by atoms with E-state index in [4.69, 9.17) is 0 Å². The monoisotopic (exact) mass is 307 g/mol. The molecule has 68 valence electrons. The van der Waals surface area contributed by atoms with E-state index in [1.54, 1.807) is 17.1 Å². The van der Waals surface area contributed by atoms with Crippen LogP contribution >= 0.6 is 15.9 Å². The maximum absolute atomic E-state index is 10.3. The van der Waals surface area contributed by atoms with Gasteiger partial charge < -0.3 is 0 Å². The van der Waals surface area contributed by atoms with Crippen LogP contribution in [0.2, 0.25) is 0 Å². The van der Waals surface area contributed by atoms with E-state index >= 15 is 0 Å². The van der Waals surface area contributed by atoms with Crippen LogP contribution in [0.1, 0.15) is 0 Å². The normalized spacial score (nSPS) is 10.5. The zero-order chi connectivity index (χ0) is 9.68. The molecule has 0 spiro atoms. The van der Waals surface area contributed by atoms with E-state index in [9.17, 15) is 10.1 Å². The molecule has 3 nitrogen and oxygen atoms in total.